The Morgan fingerprint density at radius 2 is 2.00 bits per heavy atom. The number of hydrogen-bond acceptors (Lipinski definition) is 5. The smallest absolute Gasteiger partial charge is 0.291 e. The summed E-state index contributed by atoms with van der Waals surface area (Å²) in [6.07, 6.45) is 0. The number of halogens is 1. The molecular weight excluding hydrogens is 325 g/mol. The number of carbonyl (C=O) groups excluding carboxylic acids is 1. The first-order valence-electron chi connectivity index (χ1n) is 8.59. The maximum Gasteiger partial charge on any atom is 0.291 e. The van der Waals surface area contributed by atoms with E-state index in [1.54, 1.807) is 0 Å². The Labute approximate surface area is 148 Å². The van der Waals surface area contributed by atoms with Crippen molar-refractivity contribution in [2.75, 3.05) is 46.0 Å². The van der Waals surface area contributed by atoms with Crippen LogP contribution in [0.4, 0.5) is 4.39 Å². The van der Waals surface area contributed by atoms with Crippen LogP contribution in [0.2, 0.25) is 0 Å². The van der Waals surface area contributed by atoms with Gasteiger partial charge in [0.2, 0.25) is 0 Å². The minimum absolute atomic E-state index is 0.205. The topological polar surface area (TPSA) is 63.2 Å². The van der Waals surface area contributed by atoms with Gasteiger partial charge in [-0.1, -0.05) is 13.8 Å². The molecule has 1 heterocycles. The lowest BCUT2D eigenvalue weighted by Gasteiger charge is -2.25. The SMILES string of the molecule is CC(C)COC(=NCCN1CCOCC1)NC(=O)c1ccc(F)cc1. The van der Waals surface area contributed by atoms with Crippen LogP contribution in [0.3, 0.4) is 0 Å². The minimum atomic E-state index is -0.382. The van der Waals surface area contributed by atoms with E-state index in [0.29, 0.717) is 24.6 Å². The summed E-state index contributed by atoms with van der Waals surface area (Å²) < 4.78 is 23.9. The Hall–Kier alpha value is -1.99. The van der Waals surface area contributed by atoms with E-state index in [4.69, 9.17) is 9.47 Å². The summed E-state index contributed by atoms with van der Waals surface area (Å²) in [4.78, 5) is 18.9. The fourth-order valence-electron chi connectivity index (χ4n) is 2.26. The Kier molecular flexibility index (Phi) is 7.81. The van der Waals surface area contributed by atoms with Crippen LogP contribution in [-0.2, 0) is 9.47 Å². The summed E-state index contributed by atoms with van der Waals surface area (Å²) in [5.74, 6) is -0.437. The first-order valence-corrected chi connectivity index (χ1v) is 8.59. The molecule has 1 aliphatic heterocycles. The van der Waals surface area contributed by atoms with Crippen molar-refractivity contribution in [2.45, 2.75) is 13.8 Å². The molecular formula is C18H26FN3O3. The summed E-state index contributed by atoms with van der Waals surface area (Å²) in [5.41, 5.74) is 0.357. The van der Waals surface area contributed by atoms with E-state index in [9.17, 15) is 9.18 Å². The molecule has 1 amide bonds. The zero-order valence-electron chi connectivity index (χ0n) is 14.8. The largest absolute Gasteiger partial charge is 0.465 e. The molecule has 0 radical (unpaired) electrons. The maximum absolute atomic E-state index is 13.0. The number of carbonyl (C=O) groups is 1. The second kappa shape index (κ2) is 10.1. The van der Waals surface area contributed by atoms with Crippen LogP contribution in [0, 0.1) is 11.7 Å². The lowest BCUT2D eigenvalue weighted by atomic mass is 10.2. The predicted molar refractivity (Wildman–Crippen MR) is 94.2 cm³/mol. The first kappa shape index (κ1) is 19.3. The highest BCUT2D eigenvalue weighted by Gasteiger charge is 2.12. The van der Waals surface area contributed by atoms with Gasteiger partial charge in [-0.15, -0.1) is 0 Å². The fourth-order valence-corrected chi connectivity index (χ4v) is 2.26. The van der Waals surface area contributed by atoms with E-state index < -0.39 is 0 Å². The lowest BCUT2D eigenvalue weighted by molar-refractivity contribution is 0.0394. The van der Waals surface area contributed by atoms with Crippen LogP contribution in [0.25, 0.3) is 0 Å². The molecule has 1 aliphatic rings. The summed E-state index contributed by atoms with van der Waals surface area (Å²) in [6, 6.07) is 5.56. The average Bonchev–Trinajstić information content (AvgIpc) is 2.61. The fraction of sp³-hybridized carbons (Fsp3) is 0.556. The number of ether oxygens (including phenoxy) is 2. The summed E-state index contributed by atoms with van der Waals surface area (Å²) in [6.45, 7) is 9.06. The predicted octanol–water partition coefficient (Wildman–Crippen LogP) is 1.92. The molecule has 2 rings (SSSR count). The van der Waals surface area contributed by atoms with Crippen molar-refractivity contribution >= 4 is 11.9 Å². The van der Waals surface area contributed by atoms with E-state index in [-0.39, 0.29) is 17.7 Å². The third kappa shape index (κ3) is 7.19. The lowest BCUT2D eigenvalue weighted by Crippen LogP contribution is -2.38. The van der Waals surface area contributed by atoms with Gasteiger partial charge in [-0.05, 0) is 30.2 Å². The minimum Gasteiger partial charge on any atom is -0.465 e. The molecule has 0 saturated carbocycles. The summed E-state index contributed by atoms with van der Waals surface area (Å²) >= 11 is 0. The molecule has 1 N–H and O–H groups in total. The Balaban J connectivity index is 1.92. The number of nitrogens with one attached hydrogen (secondary N) is 1. The van der Waals surface area contributed by atoms with Crippen molar-refractivity contribution in [3.63, 3.8) is 0 Å². The highest BCUT2D eigenvalue weighted by Crippen LogP contribution is 2.03. The average molecular weight is 351 g/mol. The molecule has 7 heteroatoms. The van der Waals surface area contributed by atoms with Crippen molar-refractivity contribution < 1.29 is 18.7 Å². The summed E-state index contributed by atoms with van der Waals surface area (Å²) in [7, 11) is 0. The van der Waals surface area contributed by atoms with E-state index in [1.165, 1.54) is 24.3 Å². The molecule has 6 nitrogen and oxygen atoms in total. The summed E-state index contributed by atoms with van der Waals surface area (Å²) in [5, 5.41) is 2.67. The molecule has 0 aromatic heterocycles. The van der Waals surface area contributed by atoms with E-state index in [0.717, 1.165) is 32.8 Å². The van der Waals surface area contributed by atoms with Gasteiger partial charge < -0.3 is 9.47 Å². The van der Waals surface area contributed by atoms with Gasteiger partial charge >= 0.3 is 0 Å². The van der Waals surface area contributed by atoms with Crippen LogP contribution < -0.4 is 5.32 Å². The third-order valence-electron chi connectivity index (χ3n) is 3.66. The van der Waals surface area contributed by atoms with Crippen molar-refractivity contribution in [3.8, 4) is 0 Å². The molecule has 0 spiro atoms. The zero-order valence-corrected chi connectivity index (χ0v) is 14.8. The molecule has 1 aromatic rings. The molecule has 0 bridgehead atoms. The third-order valence-corrected chi connectivity index (χ3v) is 3.66. The molecule has 138 valence electrons. The van der Waals surface area contributed by atoms with Gasteiger partial charge in [0.05, 0.1) is 26.4 Å². The van der Waals surface area contributed by atoms with E-state index in [2.05, 4.69) is 15.2 Å². The highest BCUT2D eigenvalue weighted by molar-refractivity contribution is 6.04. The van der Waals surface area contributed by atoms with Gasteiger partial charge in [0, 0.05) is 25.2 Å². The normalized spacial score (nSPS) is 16.1. The van der Waals surface area contributed by atoms with Crippen LogP contribution in [0.1, 0.15) is 24.2 Å². The number of hydrogen-bond donors (Lipinski definition) is 1. The Morgan fingerprint density at radius 3 is 2.64 bits per heavy atom. The number of amidine groups is 1. The van der Waals surface area contributed by atoms with Gasteiger partial charge in [-0.25, -0.2) is 9.38 Å². The van der Waals surface area contributed by atoms with Gasteiger partial charge in [-0.3, -0.25) is 15.0 Å². The first-order chi connectivity index (χ1) is 12.0. The van der Waals surface area contributed by atoms with Crippen LogP contribution in [-0.4, -0.2) is 62.8 Å². The van der Waals surface area contributed by atoms with E-state index in [1.807, 2.05) is 13.8 Å². The molecule has 1 fully saturated rings. The van der Waals surface area contributed by atoms with Crippen molar-refractivity contribution in [2.24, 2.45) is 10.9 Å². The standard InChI is InChI=1S/C18H26FN3O3/c1-14(2)13-25-18(20-7-8-22-9-11-24-12-10-22)21-17(23)15-3-5-16(19)6-4-15/h3-6,14H,7-13H2,1-2H3,(H,20,21,23). The molecule has 1 saturated heterocycles. The highest BCUT2D eigenvalue weighted by atomic mass is 19.1. The maximum atomic E-state index is 13.0. The number of amides is 1. The van der Waals surface area contributed by atoms with Gasteiger partial charge in [0.25, 0.3) is 11.9 Å². The van der Waals surface area contributed by atoms with Crippen molar-refractivity contribution in [1.29, 1.82) is 0 Å². The second-order valence-corrected chi connectivity index (χ2v) is 6.31. The number of nitrogens with zero attached hydrogens (tertiary/aromatic N) is 2. The quantitative estimate of drug-likeness (QED) is 0.628. The Morgan fingerprint density at radius 1 is 1.32 bits per heavy atom. The van der Waals surface area contributed by atoms with Gasteiger partial charge in [0.15, 0.2) is 0 Å². The van der Waals surface area contributed by atoms with Crippen molar-refractivity contribution in [1.82, 2.24) is 10.2 Å². The molecule has 0 unspecified atom stereocenters. The number of rotatable bonds is 6. The van der Waals surface area contributed by atoms with E-state index >= 15 is 0 Å². The molecule has 25 heavy (non-hydrogen) atoms. The van der Waals surface area contributed by atoms with Gasteiger partial charge in [-0.2, -0.15) is 0 Å². The number of morpholine rings is 1. The van der Waals surface area contributed by atoms with Crippen LogP contribution in [0.5, 0.6) is 0 Å². The van der Waals surface area contributed by atoms with Crippen LogP contribution >= 0.6 is 0 Å². The molecule has 0 aliphatic carbocycles. The number of aliphatic imine (C=N–C) groups is 1. The number of benzene rings is 1. The molecule has 1 aromatic carbocycles. The molecule has 0 atom stereocenters. The van der Waals surface area contributed by atoms with Crippen LogP contribution in [0.15, 0.2) is 29.3 Å². The van der Waals surface area contributed by atoms with Gasteiger partial charge in [0.1, 0.15) is 5.82 Å². The Bertz CT molecular complexity index is 569. The second-order valence-electron chi connectivity index (χ2n) is 6.31. The monoisotopic (exact) mass is 351 g/mol. The van der Waals surface area contributed by atoms with Crippen molar-refractivity contribution in [3.05, 3.63) is 35.6 Å². The zero-order chi connectivity index (χ0) is 18.1.